The molecule has 0 atom stereocenters. The lowest BCUT2D eigenvalue weighted by atomic mass is 10.0. The van der Waals surface area contributed by atoms with Gasteiger partial charge >= 0.3 is 0 Å². The second kappa shape index (κ2) is 14.4. The summed E-state index contributed by atoms with van der Waals surface area (Å²) in [5.74, 6) is -0.807. The van der Waals surface area contributed by atoms with E-state index in [1.165, 1.54) is 12.1 Å². The molecule has 1 amide bonds. The SMILES string of the molecule is C=CC(=O)Cc1cccc(-c2nc(Nc3cccc(N4CCN(C)CC4)c3)nc3n[nH]c(C(=O)Nc4ccc(N5CCOCC5)c(F)c4)c23)c1. The normalized spacial score (nSPS) is 15.2. The van der Waals surface area contributed by atoms with Crippen LogP contribution in [-0.4, -0.2) is 96.3 Å². The molecule has 7 rings (SSSR count). The number of ketones is 1. The molecule has 0 aliphatic carbocycles. The molecule has 0 bridgehead atoms. The van der Waals surface area contributed by atoms with Gasteiger partial charge in [0, 0.05) is 68.3 Å². The third-order valence-corrected chi connectivity index (χ3v) is 8.98. The van der Waals surface area contributed by atoms with Crippen molar-refractivity contribution in [3.05, 3.63) is 96.5 Å². The van der Waals surface area contributed by atoms with E-state index in [9.17, 15) is 9.59 Å². The summed E-state index contributed by atoms with van der Waals surface area (Å²) in [4.78, 5) is 42.1. The Balaban J connectivity index is 1.22. The molecule has 3 aromatic carbocycles. The van der Waals surface area contributed by atoms with Gasteiger partial charge in [-0.1, -0.05) is 30.8 Å². The number of aromatic amines is 1. The van der Waals surface area contributed by atoms with Gasteiger partial charge in [-0.15, -0.1) is 0 Å². The van der Waals surface area contributed by atoms with Crippen molar-refractivity contribution in [2.75, 3.05) is 80.0 Å². The molecule has 4 heterocycles. The van der Waals surface area contributed by atoms with Crippen LogP contribution in [0.3, 0.4) is 0 Å². The molecule has 2 aliphatic heterocycles. The van der Waals surface area contributed by atoms with Crippen molar-refractivity contribution in [3.8, 4) is 11.3 Å². The fraction of sp³-hybridized carbons (Fsp3) is 0.270. The molecular formula is C37H38FN9O3. The van der Waals surface area contributed by atoms with Crippen molar-refractivity contribution >= 4 is 51.4 Å². The number of fused-ring (bicyclic) bond motifs is 1. The van der Waals surface area contributed by atoms with E-state index in [1.54, 1.807) is 12.1 Å². The maximum absolute atomic E-state index is 15.2. The first-order chi connectivity index (χ1) is 24.3. The van der Waals surface area contributed by atoms with Gasteiger partial charge in [-0.3, -0.25) is 14.7 Å². The maximum atomic E-state index is 15.2. The van der Waals surface area contributed by atoms with Crippen LogP contribution in [0.25, 0.3) is 22.3 Å². The third kappa shape index (κ3) is 7.19. The topological polar surface area (TPSA) is 132 Å². The predicted molar refractivity (Wildman–Crippen MR) is 193 cm³/mol. The number of aromatic nitrogens is 4. The summed E-state index contributed by atoms with van der Waals surface area (Å²) in [6, 6.07) is 20.1. The highest BCUT2D eigenvalue weighted by atomic mass is 19.1. The quantitative estimate of drug-likeness (QED) is 0.173. The lowest BCUT2D eigenvalue weighted by Gasteiger charge is -2.34. The number of piperazine rings is 1. The number of carbonyl (C=O) groups excluding carboxylic acids is 2. The first kappa shape index (κ1) is 32.9. The van der Waals surface area contributed by atoms with Crippen molar-refractivity contribution in [1.82, 2.24) is 25.1 Å². The molecule has 0 unspecified atom stereocenters. The summed E-state index contributed by atoms with van der Waals surface area (Å²) in [5.41, 5.74) is 4.88. The van der Waals surface area contributed by atoms with Gasteiger partial charge in [0.25, 0.3) is 5.91 Å². The first-order valence-corrected chi connectivity index (χ1v) is 16.6. The van der Waals surface area contributed by atoms with Gasteiger partial charge < -0.3 is 30.1 Å². The highest BCUT2D eigenvalue weighted by Crippen LogP contribution is 2.32. The fourth-order valence-corrected chi connectivity index (χ4v) is 6.27. The number of amides is 1. The molecule has 2 fully saturated rings. The standard InChI is InChI=1S/C37H38FN9O3/c1-3-29(48)21-24-6-4-7-25(20-24)33-32-34(36(49)39-27-10-11-31(30(38)23-27)47-16-18-50-19-17-47)43-44-35(32)42-37(41-33)40-26-8-5-9-28(22-26)46-14-12-45(2)13-15-46/h3-11,20,22-23H,1,12-19,21H2,2H3,(H,39,49)(H2,40,41,42,43,44). The molecule has 12 nitrogen and oxygen atoms in total. The van der Waals surface area contributed by atoms with Crippen LogP contribution in [0.5, 0.6) is 0 Å². The number of hydrogen-bond donors (Lipinski definition) is 3. The Morgan fingerprint density at radius 2 is 1.74 bits per heavy atom. The number of ether oxygens (including phenoxy) is 1. The summed E-state index contributed by atoms with van der Waals surface area (Å²) < 4.78 is 20.6. The number of halogens is 1. The molecule has 0 radical (unpaired) electrons. The average molecular weight is 676 g/mol. The van der Waals surface area contributed by atoms with Crippen LogP contribution in [0.4, 0.5) is 33.1 Å². The molecule has 3 N–H and O–H groups in total. The summed E-state index contributed by atoms with van der Waals surface area (Å²) in [6.45, 7) is 9.67. The summed E-state index contributed by atoms with van der Waals surface area (Å²) in [7, 11) is 2.13. The van der Waals surface area contributed by atoms with Gasteiger partial charge in [0.2, 0.25) is 5.95 Å². The van der Waals surface area contributed by atoms with E-state index >= 15 is 4.39 Å². The number of likely N-dealkylation sites (N-methyl/N-ethyl adjacent to an activating group) is 1. The van der Waals surface area contributed by atoms with Crippen molar-refractivity contribution in [3.63, 3.8) is 0 Å². The number of benzene rings is 3. The van der Waals surface area contributed by atoms with Gasteiger partial charge in [0.15, 0.2) is 11.4 Å². The molecular weight excluding hydrogens is 637 g/mol. The molecule has 2 aromatic heterocycles. The predicted octanol–water partition coefficient (Wildman–Crippen LogP) is 5.04. The summed E-state index contributed by atoms with van der Waals surface area (Å²) in [6.07, 6.45) is 1.46. The van der Waals surface area contributed by atoms with Gasteiger partial charge in [-0.05, 0) is 61.2 Å². The van der Waals surface area contributed by atoms with Crippen LogP contribution in [0.1, 0.15) is 16.1 Å². The van der Waals surface area contributed by atoms with Crippen LogP contribution < -0.4 is 20.4 Å². The van der Waals surface area contributed by atoms with Crippen LogP contribution in [0, 0.1) is 5.82 Å². The van der Waals surface area contributed by atoms with Crippen molar-refractivity contribution in [1.29, 1.82) is 0 Å². The van der Waals surface area contributed by atoms with Crippen LogP contribution in [-0.2, 0) is 16.0 Å². The van der Waals surface area contributed by atoms with Crippen LogP contribution in [0.2, 0.25) is 0 Å². The van der Waals surface area contributed by atoms with Crippen LogP contribution in [0.15, 0.2) is 79.4 Å². The van der Waals surface area contributed by atoms with E-state index in [0.717, 1.165) is 43.1 Å². The van der Waals surface area contributed by atoms with E-state index in [0.29, 0.717) is 48.6 Å². The lowest BCUT2D eigenvalue weighted by molar-refractivity contribution is -0.114. The largest absolute Gasteiger partial charge is 0.378 e. The average Bonchev–Trinajstić information content (AvgIpc) is 3.56. The molecule has 256 valence electrons. The molecule has 50 heavy (non-hydrogen) atoms. The van der Waals surface area contributed by atoms with E-state index < -0.39 is 11.7 Å². The summed E-state index contributed by atoms with van der Waals surface area (Å²) in [5, 5.41) is 13.7. The minimum atomic E-state index is -0.533. The molecule has 2 saturated heterocycles. The first-order valence-electron chi connectivity index (χ1n) is 16.6. The van der Waals surface area contributed by atoms with E-state index in [1.807, 2.05) is 41.3 Å². The molecule has 0 saturated carbocycles. The van der Waals surface area contributed by atoms with Crippen molar-refractivity contribution < 1.29 is 18.7 Å². The Morgan fingerprint density at radius 3 is 2.52 bits per heavy atom. The molecule has 2 aliphatic rings. The molecule has 13 heteroatoms. The van der Waals surface area contributed by atoms with Crippen molar-refractivity contribution in [2.24, 2.45) is 0 Å². The van der Waals surface area contributed by atoms with E-state index in [4.69, 9.17) is 9.72 Å². The monoisotopic (exact) mass is 675 g/mol. The van der Waals surface area contributed by atoms with Gasteiger partial charge in [0.1, 0.15) is 11.5 Å². The zero-order chi connectivity index (χ0) is 34.6. The minimum Gasteiger partial charge on any atom is -0.378 e. The number of rotatable bonds is 10. The van der Waals surface area contributed by atoms with Crippen molar-refractivity contribution in [2.45, 2.75) is 6.42 Å². The summed E-state index contributed by atoms with van der Waals surface area (Å²) >= 11 is 0. The minimum absolute atomic E-state index is 0.115. The Labute approximate surface area is 289 Å². The zero-order valence-electron chi connectivity index (χ0n) is 27.8. The fourth-order valence-electron chi connectivity index (χ4n) is 6.27. The number of morpholine rings is 1. The number of anilines is 5. The lowest BCUT2D eigenvalue weighted by Crippen LogP contribution is -2.44. The smallest absolute Gasteiger partial charge is 0.274 e. The highest BCUT2D eigenvalue weighted by Gasteiger charge is 2.23. The number of allylic oxidation sites excluding steroid dienone is 1. The van der Waals surface area contributed by atoms with Gasteiger partial charge in [-0.2, -0.15) is 10.1 Å². The van der Waals surface area contributed by atoms with Gasteiger partial charge in [0.05, 0.1) is 30.0 Å². The number of nitrogens with zero attached hydrogens (tertiary/aromatic N) is 6. The zero-order valence-corrected chi connectivity index (χ0v) is 27.8. The Hall–Kier alpha value is -5.66. The van der Waals surface area contributed by atoms with Gasteiger partial charge in [-0.25, -0.2) is 9.37 Å². The molecule has 5 aromatic rings. The van der Waals surface area contributed by atoms with E-state index in [2.05, 4.69) is 61.4 Å². The number of H-pyrrole nitrogens is 1. The second-order valence-electron chi connectivity index (χ2n) is 12.4. The third-order valence-electron chi connectivity index (χ3n) is 8.98. The van der Waals surface area contributed by atoms with Crippen LogP contribution >= 0.6 is 0 Å². The molecule has 0 spiro atoms. The van der Waals surface area contributed by atoms with E-state index in [-0.39, 0.29) is 35.2 Å². The Bertz CT molecular complexity index is 2050. The number of hydrogen-bond acceptors (Lipinski definition) is 10. The Morgan fingerprint density at radius 1 is 0.940 bits per heavy atom. The Kier molecular flexibility index (Phi) is 9.49. The second-order valence-corrected chi connectivity index (χ2v) is 12.4. The number of carbonyl (C=O) groups is 2. The highest BCUT2D eigenvalue weighted by molar-refractivity contribution is 6.14. The maximum Gasteiger partial charge on any atom is 0.274 e. The number of nitrogens with one attached hydrogen (secondary N) is 3.